The van der Waals surface area contributed by atoms with E-state index in [1.165, 1.54) is 44.2 Å². The summed E-state index contributed by atoms with van der Waals surface area (Å²) in [6, 6.07) is 8.07. The van der Waals surface area contributed by atoms with E-state index in [1.54, 1.807) is 0 Å². The molecule has 4 atom stereocenters. The summed E-state index contributed by atoms with van der Waals surface area (Å²) in [5, 5.41) is 0.787. The van der Waals surface area contributed by atoms with Crippen LogP contribution in [0.15, 0.2) is 24.3 Å². The van der Waals surface area contributed by atoms with Gasteiger partial charge in [0.2, 0.25) is 0 Å². The van der Waals surface area contributed by atoms with Crippen molar-refractivity contribution in [3.63, 3.8) is 0 Å². The Morgan fingerprint density at radius 2 is 1.78 bits per heavy atom. The van der Waals surface area contributed by atoms with Gasteiger partial charge in [-0.15, -0.1) is 24.8 Å². The van der Waals surface area contributed by atoms with Gasteiger partial charge in [-0.1, -0.05) is 24.6 Å². The van der Waals surface area contributed by atoms with Crippen LogP contribution in [0.25, 0.3) is 0 Å². The van der Waals surface area contributed by atoms with E-state index in [9.17, 15) is 4.79 Å². The van der Waals surface area contributed by atoms with Gasteiger partial charge in [0, 0.05) is 43.4 Å². The Morgan fingerprint density at radius 1 is 1.09 bits per heavy atom. The fourth-order valence-corrected chi connectivity index (χ4v) is 7.87. The zero-order valence-electron chi connectivity index (χ0n) is 19.1. The fourth-order valence-electron chi connectivity index (χ4n) is 7.68. The van der Waals surface area contributed by atoms with E-state index < -0.39 is 0 Å². The molecule has 1 saturated heterocycles. The Hall–Kier alpha value is -0.680. The summed E-state index contributed by atoms with van der Waals surface area (Å²) in [7, 11) is 0. The second-order valence-electron chi connectivity index (χ2n) is 11.0. The predicted octanol–water partition coefficient (Wildman–Crippen LogP) is 5.85. The number of piperazine rings is 1. The number of nitrogens with zero attached hydrogens (tertiary/aromatic N) is 2. The van der Waals surface area contributed by atoms with Crippen molar-refractivity contribution in [3.05, 3.63) is 29.3 Å². The summed E-state index contributed by atoms with van der Waals surface area (Å²) in [5.74, 6) is 1.76. The monoisotopic (exact) mass is 502 g/mol. The van der Waals surface area contributed by atoms with E-state index >= 15 is 0 Å². The number of ether oxygens (including phenoxy) is 1. The summed E-state index contributed by atoms with van der Waals surface area (Å²) in [6.45, 7) is 7.79. The fraction of sp³-hybridized carbons (Fsp3) is 0.720. The zero-order chi connectivity index (χ0) is 20.8. The largest absolute Gasteiger partial charge is 0.464 e. The molecular formula is C25H37Cl3N2O2. The highest BCUT2D eigenvalue weighted by molar-refractivity contribution is 6.30. The van der Waals surface area contributed by atoms with Crippen LogP contribution in [0, 0.1) is 22.7 Å². The number of benzene rings is 1. The quantitative estimate of drug-likeness (QED) is 0.456. The van der Waals surface area contributed by atoms with Crippen molar-refractivity contribution < 1.29 is 9.53 Å². The van der Waals surface area contributed by atoms with Crippen LogP contribution in [0.1, 0.15) is 51.9 Å². The van der Waals surface area contributed by atoms with Gasteiger partial charge in [0.05, 0.1) is 6.42 Å². The molecule has 5 aliphatic rings. The molecule has 4 aliphatic carbocycles. The molecule has 0 N–H and O–H groups in total. The van der Waals surface area contributed by atoms with Gasteiger partial charge in [-0.3, -0.25) is 9.69 Å². The molecule has 32 heavy (non-hydrogen) atoms. The molecule has 1 aliphatic heterocycles. The van der Waals surface area contributed by atoms with Crippen LogP contribution >= 0.6 is 36.4 Å². The molecule has 6 rings (SSSR count). The Balaban J connectivity index is 0.00000144. The summed E-state index contributed by atoms with van der Waals surface area (Å²) < 4.78 is 5.73. The molecule has 180 valence electrons. The molecule has 2 unspecified atom stereocenters. The van der Waals surface area contributed by atoms with Gasteiger partial charge in [0.15, 0.2) is 0 Å². The first-order chi connectivity index (χ1) is 14.4. The lowest BCUT2D eigenvalue weighted by atomic mass is 9.44. The average molecular weight is 504 g/mol. The topological polar surface area (TPSA) is 32.8 Å². The third kappa shape index (κ3) is 5.68. The molecule has 0 radical (unpaired) electrons. The van der Waals surface area contributed by atoms with E-state index in [1.807, 2.05) is 18.2 Å². The number of hydrogen-bond donors (Lipinski definition) is 0. The lowest BCUT2D eigenvalue weighted by molar-refractivity contribution is -0.157. The highest BCUT2D eigenvalue weighted by Crippen LogP contribution is 2.66. The van der Waals surface area contributed by atoms with Crippen molar-refractivity contribution in [1.82, 2.24) is 4.90 Å². The first-order valence-corrected chi connectivity index (χ1v) is 12.2. The van der Waals surface area contributed by atoms with Crippen molar-refractivity contribution in [2.75, 3.05) is 44.2 Å². The highest BCUT2D eigenvalue weighted by atomic mass is 35.5. The standard InChI is InChI=1S/C25H35ClN2O2.2ClH/c1-24-13-19-11-20(14-24)16-25(15-19,18-24)17-23(29)30-10-9-27-5-7-28(8-6-27)22-4-2-3-21(26)12-22;;/h2-4,12,19-20H,5-11,13-18H2,1H3;2*1H/t19-,20+,24?,25?;;. The normalized spacial score (nSPS) is 33.4. The number of hydrogen-bond acceptors (Lipinski definition) is 4. The van der Waals surface area contributed by atoms with E-state index in [0.717, 1.165) is 49.6 Å². The molecule has 1 heterocycles. The first kappa shape index (κ1) is 25.9. The predicted molar refractivity (Wildman–Crippen MR) is 135 cm³/mol. The maximum atomic E-state index is 12.7. The smallest absolute Gasteiger partial charge is 0.306 e. The molecule has 4 saturated carbocycles. The van der Waals surface area contributed by atoms with Gasteiger partial charge in [-0.25, -0.2) is 0 Å². The van der Waals surface area contributed by atoms with Gasteiger partial charge in [-0.2, -0.15) is 0 Å². The van der Waals surface area contributed by atoms with Crippen molar-refractivity contribution in [3.8, 4) is 0 Å². The maximum Gasteiger partial charge on any atom is 0.306 e. The van der Waals surface area contributed by atoms with E-state index in [-0.39, 0.29) is 36.2 Å². The van der Waals surface area contributed by atoms with Gasteiger partial charge >= 0.3 is 5.97 Å². The van der Waals surface area contributed by atoms with E-state index in [2.05, 4.69) is 22.8 Å². The molecule has 0 amide bonds. The van der Waals surface area contributed by atoms with Crippen LogP contribution in [0.3, 0.4) is 0 Å². The number of carbonyl (C=O) groups excluding carboxylic acids is 1. The molecular weight excluding hydrogens is 467 g/mol. The average Bonchev–Trinajstić information content (AvgIpc) is 2.66. The number of rotatable bonds is 6. The second-order valence-corrected chi connectivity index (χ2v) is 11.4. The minimum Gasteiger partial charge on any atom is -0.464 e. The minimum atomic E-state index is 0. The van der Waals surface area contributed by atoms with Crippen molar-refractivity contribution in [2.24, 2.45) is 22.7 Å². The Bertz CT molecular complexity index is 783. The number of esters is 1. The number of anilines is 1. The van der Waals surface area contributed by atoms with Crippen LogP contribution in [0.2, 0.25) is 5.02 Å². The molecule has 1 aromatic rings. The van der Waals surface area contributed by atoms with Crippen molar-refractivity contribution in [1.29, 1.82) is 0 Å². The van der Waals surface area contributed by atoms with E-state index in [4.69, 9.17) is 16.3 Å². The van der Waals surface area contributed by atoms with Crippen LogP contribution in [0.4, 0.5) is 5.69 Å². The van der Waals surface area contributed by atoms with Crippen LogP contribution in [-0.4, -0.2) is 50.2 Å². The van der Waals surface area contributed by atoms with Gasteiger partial charge < -0.3 is 9.64 Å². The lowest BCUT2D eigenvalue weighted by Crippen LogP contribution is -2.51. The third-order valence-corrected chi connectivity index (χ3v) is 8.45. The van der Waals surface area contributed by atoms with Crippen molar-refractivity contribution >= 4 is 48.1 Å². The molecule has 5 fully saturated rings. The summed E-state index contributed by atoms with van der Waals surface area (Å²) in [6.07, 6.45) is 8.61. The molecule has 0 aromatic heterocycles. The van der Waals surface area contributed by atoms with E-state index in [0.29, 0.717) is 18.4 Å². The zero-order valence-corrected chi connectivity index (χ0v) is 21.5. The minimum absolute atomic E-state index is 0. The number of halogens is 3. The Kier molecular flexibility index (Phi) is 8.34. The first-order valence-electron chi connectivity index (χ1n) is 11.8. The molecule has 4 bridgehead atoms. The highest BCUT2D eigenvalue weighted by Gasteiger charge is 2.56. The number of carbonyl (C=O) groups is 1. The van der Waals surface area contributed by atoms with Gasteiger partial charge in [0.1, 0.15) is 6.61 Å². The Labute approximate surface area is 210 Å². The maximum absolute atomic E-state index is 12.7. The van der Waals surface area contributed by atoms with Crippen LogP contribution in [0.5, 0.6) is 0 Å². The van der Waals surface area contributed by atoms with Crippen LogP contribution < -0.4 is 4.90 Å². The molecule has 1 aromatic carbocycles. The molecule has 0 spiro atoms. The summed E-state index contributed by atoms with van der Waals surface area (Å²) in [5.41, 5.74) is 1.93. The van der Waals surface area contributed by atoms with Gasteiger partial charge in [-0.05, 0) is 79.4 Å². The lowest BCUT2D eigenvalue weighted by Gasteiger charge is -2.61. The summed E-state index contributed by atoms with van der Waals surface area (Å²) in [4.78, 5) is 17.5. The van der Waals surface area contributed by atoms with Crippen molar-refractivity contribution in [2.45, 2.75) is 51.9 Å². The third-order valence-electron chi connectivity index (χ3n) is 8.21. The SMILES string of the molecule is CC12C[C@H]3C[C@@H](C1)CC(CC(=O)OCCN1CCN(c4cccc(Cl)c4)CC1)(C3)C2.Cl.Cl. The Morgan fingerprint density at radius 3 is 2.41 bits per heavy atom. The van der Waals surface area contributed by atoms with Crippen LogP contribution in [-0.2, 0) is 9.53 Å². The summed E-state index contributed by atoms with van der Waals surface area (Å²) >= 11 is 6.13. The van der Waals surface area contributed by atoms with Gasteiger partial charge in [0.25, 0.3) is 0 Å². The molecule has 4 nitrogen and oxygen atoms in total. The molecule has 7 heteroatoms. The second kappa shape index (κ2) is 10.3.